The van der Waals surface area contributed by atoms with E-state index in [2.05, 4.69) is 19.2 Å². The van der Waals surface area contributed by atoms with E-state index in [1.807, 2.05) is 30.3 Å². The van der Waals surface area contributed by atoms with E-state index in [0.29, 0.717) is 18.7 Å². The lowest BCUT2D eigenvalue weighted by atomic mass is 9.88. The summed E-state index contributed by atoms with van der Waals surface area (Å²) in [4.78, 5) is 26.1. The first-order chi connectivity index (χ1) is 11.9. The van der Waals surface area contributed by atoms with Crippen molar-refractivity contribution in [3.63, 3.8) is 0 Å². The molecule has 0 aliphatic heterocycles. The molecule has 1 aromatic heterocycles. The summed E-state index contributed by atoms with van der Waals surface area (Å²) in [5.74, 6) is 0.787. The van der Waals surface area contributed by atoms with Crippen molar-refractivity contribution in [2.75, 3.05) is 14.1 Å². The van der Waals surface area contributed by atoms with Gasteiger partial charge in [-0.1, -0.05) is 44.2 Å². The summed E-state index contributed by atoms with van der Waals surface area (Å²) < 4.78 is 5.51. The fourth-order valence-corrected chi connectivity index (χ4v) is 2.78. The summed E-state index contributed by atoms with van der Waals surface area (Å²) in [6.45, 7) is 4.47. The van der Waals surface area contributed by atoms with Gasteiger partial charge in [0, 0.05) is 20.0 Å². The molecular formula is C20H26N2O3. The fraction of sp³-hybridized carbons (Fsp3) is 0.400. The molecule has 0 saturated heterocycles. The molecule has 0 spiro atoms. The SMILES string of the molecule is CNC(=O)c1ccc(CN(C)C(=O)[C@H](Cc2ccccc2)C(C)C)o1. The Balaban J connectivity index is 2.05. The number of nitrogens with one attached hydrogen (secondary N) is 1. The molecule has 0 saturated carbocycles. The number of amides is 2. The molecule has 0 radical (unpaired) electrons. The predicted molar refractivity (Wildman–Crippen MR) is 97.0 cm³/mol. The van der Waals surface area contributed by atoms with Gasteiger partial charge in [0.05, 0.1) is 6.54 Å². The summed E-state index contributed by atoms with van der Waals surface area (Å²) in [6.07, 6.45) is 0.712. The third-order valence-corrected chi connectivity index (χ3v) is 4.30. The highest BCUT2D eigenvalue weighted by Gasteiger charge is 2.26. The zero-order valence-electron chi connectivity index (χ0n) is 15.3. The number of hydrogen-bond acceptors (Lipinski definition) is 3. The minimum absolute atomic E-state index is 0.0803. The van der Waals surface area contributed by atoms with Crippen molar-refractivity contribution in [2.45, 2.75) is 26.8 Å². The van der Waals surface area contributed by atoms with Crippen LogP contribution >= 0.6 is 0 Å². The topological polar surface area (TPSA) is 62.6 Å². The molecule has 25 heavy (non-hydrogen) atoms. The van der Waals surface area contributed by atoms with Gasteiger partial charge in [0.15, 0.2) is 5.76 Å². The molecular weight excluding hydrogens is 316 g/mol. The number of nitrogens with zero attached hydrogens (tertiary/aromatic N) is 1. The number of hydrogen-bond donors (Lipinski definition) is 1. The molecule has 2 rings (SSSR count). The maximum Gasteiger partial charge on any atom is 0.286 e. The predicted octanol–water partition coefficient (Wildman–Crippen LogP) is 3.11. The molecule has 5 heteroatoms. The van der Waals surface area contributed by atoms with Crippen molar-refractivity contribution < 1.29 is 14.0 Å². The monoisotopic (exact) mass is 342 g/mol. The normalized spacial score (nSPS) is 12.0. The van der Waals surface area contributed by atoms with Crippen molar-refractivity contribution >= 4 is 11.8 Å². The van der Waals surface area contributed by atoms with Crippen LogP contribution in [0.5, 0.6) is 0 Å². The van der Waals surface area contributed by atoms with E-state index >= 15 is 0 Å². The van der Waals surface area contributed by atoms with Crippen LogP contribution in [0.4, 0.5) is 0 Å². The summed E-state index contributed by atoms with van der Waals surface area (Å²) in [5, 5.41) is 2.52. The van der Waals surface area contributed by atoms with Crippen molar-refractivity contribution in [2.24, 2.45) is 11.8 Å². The molecule has 0 bridgehead atoms. The van der Waals surface area contributed by atoms with Gasteiger partial charge in [-0.05, 0) is 30.0 Å². The Bertz CT molecular complexity index is 707. The van der Waals surface area contributed by atoms with E-state index in [4.69, 9.17) is 4.42 Å². The highest BCUT2D eigenvalue weighted by Crippen LogP contribution is 2.21. The minimum Gasteiger partial charge on any atom is -0.454 e. The second-order valence-corrected chi connectivity index (χ2v) is 6.58. The van der Waals surface area contributed by atoms with Gasteiger partial charge in [-0.15, -0.1) is 0 Å². The third kappa shape index (κ3) is 4.95. The Morgan fingerprint density at radius 2 is 1.80 bits per heavy atom. The van der Waals surface area contributed by atoms with Crippen LogP contribution in [-0.4, -0.2) is 30.8 Å². The molecule has 0 unspecified atom stereocenters. The maximum absolute atomic E-state index is 12.9. The molecule has 1 N–H and O–H groups in total. The maximum atomic E-state index is 12.9. The first-order valence-corrected chi connectivity index (χ1v) is 8.52. The molecule has 2 amide bonds. The number of carbonyl (C=O) groups is 2. The van der Waals surface area contributed by atoms with Crippen LogP contribution in [0.3, 0.4) is 0 Å². The van der Waals surface area contributed by atoms with Crippen molar-refractivity contribution in [3.05, 3.63) is 59.5 Å². The molecule has 1 heterocycles. The third-order valence-electron chi connectivity index (χ3n) is 4.30. The van der Waals surface area contributed by atoms with Crippen molar-refractivity contribution in [3.8, 4) is 0 Å². The molecule has 2 aromatic rings. The molecule has 134 valence electrons. The van der Waals surface area contributed by atoms with Crippen LogP contribution in [0.25, 0.3) is 0 Å². The van der Waals surface area contributed by atoms with E-state index < -0.39 is 0 Å². The Morgan fingerprint density at radius 3 is 2.40 bits per heavy atom. The number of rotatable bonds is 7. The summed E-state index contributed by atoms with van der Waals surface area (Å²) in [7, 11) is 3.32. The lowest BCUT2D eigenvalue weighted by Crippen LogP contribution is -2.36. The fourth-order valence-electron chi connectivity index (χ4n) is 2.78. The lowest BCUT2D eigenvalue weighted by Gasteiger charge is -2.26. The molecule has 0 aliphatic rings. The second-order valence-electron chi connectivity index (χ2n) is 6.58. The second kappa shape index (κ2) is 8.51. The zero-order chi connectivity index (χ0) is 18.4. The van der Waals surface area contributed by atoms with Gasteiger partial charge in [0.25, 0.3) is 5.91 Å². The van der Waals surface area contributed by atoms with E-state index in [0.717, 1.165) is 5.56 Å². The standard InChI is InChI=1S/C20H26N2O3/c1-14(2)17(12-15-8-6-5-7-9-15)20(24)22(4)13-16-10-11-18(25-16)19(23)21-3/h5-11,14,17H,12-13H2,1-4H3,(H,21,23)/t17-/m1/s1. The first-order valence-electron chi connectivity index (χ1n) is 8.52. The molecule has 1 atom stereocenters. The smallest absolute Gasteiger partial charge is 0.286 e. The average Bonchev–Trinajstić information content (AvgIpc) is 3.07. The zero-order valence-corrected chi connectivity index (χ0v) is 15.3. The number of benzene rings is 1. The quantitative estimate of drug-likeness (QED) is 0.841. The highest BCUT2D eigenvalue weighted by atomic mass is 16.4. The van der Waals surface area contributed by atoms with Crippen molar-refractivity contribution in [1.82, 2.24) is 10.2 Å². The Kier molecular flexibility index (Phi) is 6.39. The van der Waals surface area contributed by atoms with Crippen LogP contribution in [0.2, 0.25) is 0 Å². The van der Waals surface area contributed by atoms with Crippen LogP contribution in [0.15, 0.2) is 46.9 Å². The van der Waals surface area contributed by atoms with E-state index in [9.17, 15) is 9.59 Å². The van der Waals surface area contributed by atoms with Crippen LogP contribution in [0, 0.1) is 11.8 Å². The minimum atomic E-state index is -0.274. The molecule has 0 aliphatic carbocycles. The molecule has 1 aromatic carbocycles. The van der Waals surface area contributed by atoms with E-state index in [1.54, 1.807) is 31.1 Å². The Morgan fingerprint density at radius 1 is 1.12 bits per heavy atom. The van der Waals surface area contributed by atoms with Gasteiger partial charge >= 0.3 is 0 Å². The van der Waals surface area contributed by atoms with Gasteiger partial charge in [0.2, 0.25) is 5.91 Å². The number of furan rings is 1. The van der Waals surface area contributed by atoms with Crippen LogP contribution in [-0.2, 0) is 17.8 Å². The Labute approximate surface area is 149 Å². The summed E-state index contributed by atoms with van der Waals surface area (Å²) in [6, 6.07) is 13.4. The van der Waals surface area contributed by atoms with E-state index in [-0.39, 0.29) is 29.4 Å². The summed E-state index contributed by atoms with van der Waals surface area (Å²) in [5.41, 5.74) is 1.16. The van der Waals surface area contributed by atoms with Gasteiger partial charge < -0.3 is 14.6 Å². The average molecular weight is 342 g/mol. The van der Waals surface area contributed by atoms with Gasteiger partial charge in [-0.2, -0.15) is 0 Å². The molecule has 0 fully saturated rings. The number of carbonyl (C=O) groups excluding carboxylic acids is 2. The molecule has 5 nitrogen and oxygen atoms in total. The van der Waals surface area contributed by atoms with E-state index in [1.165, 1.54) is 0 Å². The van der Waals surface area contributed by atoms with Crippen molar-refractivity contribution in [1.29, 1.82) is 0 Å². The van der Waals surface area contributed by atoms with Crippen LogP contribution < -0.4 is 5.32 Å². The van der Waals surface area contributed by atoms with Crippen LogP contribution in [0.1, 0.15) is 35.7 Å². The Hall–Kier alpha value is -2.56. The van der Waals surface area contributed by atoms with Gasteiger partial charge in [-0.25, -0.2) is 0 Å². The lowest BCUT2D eigenvalue weighted by molar-refractivity contribution is -0.136. The largest absolute Gasteiger partial charge is 0.454 e. The highest BCUT2D eigenvalue weighted by molar-refractivity contribution is 5.91. The summed E-state index contributed by atoms with van der Waals surface area (Å²) >= 11 is 0. The first kappa shape index (κ1) is 18.8. The van der Waals surface area contributed by atoms with Gasteiger partial charge in [-0.3, -0.25) is 9.59 Å². The van der Waals surface area contributed by atoms with Gasteiger partial charge in [0.1, 0.15) is 5.76 Å².